The van der Waals surface area contributed by atoms with Crippen LogP contribution in [0.3, 0.4) is 0 Å². The Hall–Kier alpha value is -3.31. The summed E-state index contributed by atoms with van der Waals surface area (Å²) in [5.74, 6) is -0.0347. The Labute approximate surface area is 199 Å². The van der Waals surface area contributed by atoms with Crippen molar-refractivity contribution in [3.05, 3.63) is 35.9 Å². The van der Waals surface area contributed by atoms with Crippen molar-refractivity contribution < 1.29 is 32.2 Å². The predicted octanol–water partition coefficient (Wildman–Crippen LogP) is 2.26. The summed E-state index contributed by atoms with van der Waals surface area (Å²) in [7, 11) is 3.67. The Morgan fingerprint density at radius 2 is 1.68 bits per heavy atom. The van der Waals surface area contributed by atoms with Crippen molar-refractivity contribution in [2.24, 2.45) is 5.92 Å². The lowest BCUT2D eigenvalue weighted by Gasteiger charge is -2.20. The zero-order valence-corrected chi connectivity index (χ0v) is 20.9. The predicted molar refractivity (Wildman–Crippen MR) is 127 cm³/mol. The number of methoxy groups -OCH3 is 3. The highest BCUT2D eigenvalue weighted by Gasteiger charge is 2.36. The minimum absolute atomic E-state index is 0.0111. The van der Waals surface area contributed by atoms with Gasteiger partial charge in [0.05, 0.1) is 37.8 Å². The van der Waals surface area contributed by atoms with Gasteiger partial charge >= 0.3 is 0 Å². The van der Waals surface area contributed by atoms with E-state index in [0.29, 0.717) is 34.2 Å². The Balaban J connectivity index is 1.82. The third kappa shape index (κ3) is 4.80. The standard InChI is InChI=1S/C23H29N3O7S/c1-14-7-8-16(10-20(14)34(29,30)25(2)3)24-23(28)15-9-21(27)26(13-15)17-11-18(31-4)22(33-6)19(12-17)32-5/h7-8,10-12,15H,9,13H2,1-6H3,(H,24,28)/t15-/m1/s1. The highest BCUT2D eigenvalue weighted by atomic mass is 32.2. The van der Waals surface area contributed by atoms with Gasteiger partial charge in [0.1, 0.15) is 0 Å². The van der Waals surface area contributed by atoms with Gasteiger partial charge in [-0.15, -0.1) is 0 Å². The number of ether oxygens (including phenoxy) is 3. The van der Waals surface area contributed by atoms with Crippen LogP contribution in [0.1, 0.15) is 12.0 Å². The SMILES string of the molecule is COc1cc(N2C[C@H](C(=O)Nc3ccc(C)c(S(=O)(=O)N(C)C)c3)CC2=O)cc(OC)c1OC. The van der Waals surface area contributed by atoms with Gasteiger partial charge in [0, 0.05) is 44.9 Å². The zero-order chi connectivity index (χ0) is 25.2. The molecule has 2 aromatic carbocycles. The van der Waals surface area contributed by atoms with E-state index in [4.69, 9.17) is 14.2 Å². The van der Waals surface area contributed by atoms with Crippen LogP contribution in [0.15, 0.2) is 35.2 Å². The molecule has 0 radical (unpaired) electrons. The third-order valence-corrected chi connectivity index (χ3v) is 7.63. The van der Waals surface area contributed by atoms with Crippen LogP contribution in [0, 0.1) is 12.8 Å². The van der Waals surface area contributed by atoms with Gasteiger partial charge in [-0.1, -0.05) is 6.07 Å². The molecule has 34 heavy (non-hydrogen) atoms. The number of carbonyl (C=O) groups is 2. The fourth-order valence-electron chi connectivity index (χ4n) is 3.75. The number of nitrogens with zero attached hydrogens (tertiary/aromatic N) is 2. The lowest BCUT2D eigenvalue weighted by Crippen LogP contribution is -2.28. The maximum absolute atomic E-state index is 12.9. The van der Waals surface area contributed by atoms with Crippen molar-refractivity contribution in [3.8, 4) is 17.2 Å². The molecule has 2 aromatic rings. The van der Waals surface area contributed by atoms with E-state index in [1.165, 1.54) is 46.4 Å². The summed E-state index contributed by atoms with van der Waals surface area (Å²) >= 11 is 0. The van der Waals surface area contributed by atoms with Gasteiger partial charge in [0.2, 0.25) is 27.6 Å². The molecule has 10 nitrogen and oxygen atoms in total. The molecule has 1 heterocycles. The second kappa shape index (κ2) is 9.90. The quantitative estimate of drug-likeness (QED) is 0.602. The molecule has 1 saturated heterocycles. The molecular weight excluding hydrogens is 462 g/mol. The molecule has 1 aliphatic rings. The van der Waals surface area contributed by atoms with E-state index < -0.39 is 15.9 Å². The molecule has 0 bridgehead atoms. The van der Waals surface area contributed by atoms with Crippen molar-refractivity contribution >= 4 is 33.2 Å². The zero-order valence-electron chi connectivity index (χ0n) is 20.0. The average molecular weight is 492 g/mol. The minimum atomic E-state index is -3.67. The molecule has 11 heteroatoms. The molecule has 0 spiro atoms. The van der Waals surface area contributed by atoms with Gasteiger partial charge in [-0.3, -0.25) is 9.59 Å². The fraction of sp³-hybridized carbons (Fsp3) is 0.391. The first-order valence-electron chi connectivity index (χ1n) is 10.5. The lowest BCUT2D eigenvalue weighted by atomic mass is 10.1. The monoisotopic (exact) mass is 491 g/mol. The molecule has 1 fully saturated rings. The summed E-state index contributed by atoms with van der Waals surface area (Å²) in [5, 5.41) is 2.75. The Morgan fingerprint density at radius 1 is 1.06 bits per heavy atom. The number of carbonyl (C=O) groups excluding carboxylic acids is 2. The summed E-state index contributed by atoms with van der Waals surface area (Å²) in [5.41, 5.74) is 1.43. The highest BCUT2D eigenvalue weighted by molar-refractivity contribution is 7.89. The minimum Gasteiger partial charge on any atom is -0.493 e. The number of anilines is 2. The topological polar surface area (TPSA) is 114 Å². The van der Waals surface area contributed by atoms with Crippen LogP contribution < -0.4 is 24.4 Å². The summed E-state index contributed by atoms with van der Waals surface area (Å²) in [6, 6.07) is 8.00. The number of nitrogens with one attached hydrogen (secondary N) is 1. The summed E-state index contributed by atoms with van der Waals surface area (Å²) in [6.45, 7) is 1.84. The van der Waals surface area contributed by atoms with Gasteiger partial charge in [-0.2, -0.15) is 0 Å². The maximum Gasteiger partial charge on any atom is 0.242 e. The van der Waals surface area contributed by atoms with E-state index >= 15 is 0 Å². The van der Waals surface area contributed by atoms with Crippen LogP contribution in [0.25, 0.3) is 0 Å². The van der Waals surface area contributed by atoms with Gasteiger partial charge in [-0.05, 0) is 24.6 Å². The average Bonchev–Trinajstić information content (AvgIpc) is 3.20. The molecule has 1 atom stereocenters. The fourth-order valence-corrected chi connectivity index (χ4v) is 4.90. The van der Waals surface area contributed by atoms with Crippen molar-refractivity contribution in [1.82, 2.24) is 4.31 Å². The number of sulfonamides is 1. The van der Waals surface area contributed by atoms with E-state index in [0.717, 1.165) is 4.31 Å². The van der Waals surface area contributed by atoms with Crippen LogP contribution in [-0.2, 0) is 19.6 Å². The van der Waals surface area contributed by atoms with Crippen LogP contribution in [0.5, 0.6) is 17.2 Å². The lowest BCUT2D eigenvalue weighted by molar-refractivity contribution is -0.122. The number of hydrogen-bond donors (Lipinski definition) is 1. The van der Waals surface area contributed by atoms with Crippen molar-refractivity contribution in [3.63, 3.8) is 0 Å². The first-order valence-corrected chi connectivity index (χ1v) is 11.9. The Kier molecular flexibility index (Phi) is 7.37. The van der Waals surface area contributed by atoms with Gasteiger partial charge in [-0.25, -0.2) is 12.7 Å². The molecule has 0 unspecified atom stereocenters. The van der Waals surface area contributed by atoms with Gasteiger partial charge < -0.3 is 24.4 Å². The molecule has 1 aliphatic heterocycles. The summed E-state index contributed by atoms with van der Waals surface area (Å²) < 4.78 is 42.3. The number of aryl methyl sites for hydroxylation is 1. The molecule has 0 aliphatic carbocycles. The molecule has 2 amide bonds. The van der Waals surface area contributed by atoms with E-state index in [1.54, 1.807) is 31.2 Å². The van der Waals surface area contributed by atoms with Crippen LogP contribution in [0.4, 0.5) is 11.4 Å². The van der Waals surface area contributed by atoms with E-state index in [9.17, 15) is 18.0 Å². The second-order valence-corrected chi connectivity index (χ2v) is 10.2. The number of rotatable bonds is 8. The smallest absolute Gasteiger partial charge is 0.242 e. The molecule has 3 rings (SSSR count). The number of benzene rings is 2. The molecule has 1 N–H and O–H groups in total. The normalized spacial score (nSPS) is 16.0. The number of hydrogen-bond acceptors (Lipinski definition) is 7. The Bertz CT molecular complexity index is 1190. The molecule has 0 aromatic heterocycles. The summed E-state index contributed by atoms with van der Waals surface area (Å²) in [4.78, 5) is 27.3. The van der Waals surface area contributed by atoms with Crippen LogP contribution in [0.2, 0.25) is 0 Å². The van der Waals surface area contributed by atoms with E-state index in [-0.39, 0.29) is 29.7 Å². The third-order valence-electron chi connectivity index (χ3n) is 5.67. The first-order chi connectivity index (χ1) is 16.0. The summed E-state index contributed by atoms with van der Waals surface area (Å²) in [6.07, 6.45) is 0.0111. The van der Waals surface area contributed by atoms with Crippen molar-refractivity contribution in [2.45, 2.75) is 18.2 Å². The highest BCUT2D eigenvalue weighted by Crippen LogP contribution is 2.42. The van der Waals surface area contributed by atoms with Crippen molar-refractivity contribution in [1.29, 1.82) is 0 Å². The maximum atomic E-state index is 12.9. The van der Waals surface area contributed by atoms with Crippen LogP contribution >= 0.6 is 0 Å². The van der Waals surface area contributed by atoms with E-state index in [2.05, 4.69) is 5.32 Å². The molecule has 0 saturated carbocycles. The van der Waals surface area contributed by atoms with E-state index in [1.807, 2.05) is 0 Å². The van der Waals surface area contributed by atoms with Crippen molar-refractivity contribution in [2.75, 3.05) is 52.2 Å². The molecule has 184 valence electrons. The van der Waals surface area contributed by atoms with Gasteiger partial charge in [0.25, 0.3) is 0 Å². The second-order valence-electron chi connectivity index (χ2n) is 8.05. The largest absolute Gasteiger partial charge is 0.493 e. The van der Waals surface area contributed by atoms with Crippen LogP contribution in [-0.4, -0.2) is 66.5 Å². The number of amides is 2. The van der Waals surface area contributed by atoms with Gasteiger partial charge in [0.15, 0.2) is 11.5 Å². The Morgan fingerprint density at radius 3 is 2.21 bits per heavy atom. The molecular formula is C23H29N3O7S. The first kappa shape index (κ1) is 25.3.